The Hall–Kier alpha value is -2.28. The molecule has 0 unspecified atom stereocenters. The van der Waals surface area contributed by atoms with Crippen LogP contribution in [0.4, 0.5) is 10.1 Å². The lowest BCUT2D eigenvalue weighted by molar-refractivity contribution is -0.116. The van der Waals surface area contributed by atoms with E-state index in [-0.39, 0.29) is 23.8 Å². The summed E-state index contributed by atoms with van der Waals surface area (Å²) in [4.78, 5) is 15.8. The minimum absolute atomic E-state index is 0.229. The van der Waals surface area contributed by atoms with Crippen molar-refractivity contribution in [1.29, 1.82) is 0 Å². The zero-order valence-electron chi connectivity index (χ0n) is 11.4. The lowest BCUT2D eigenvalue weighted by atomic mass is 9.99. The van der Waals surface area contributed by atoms with Gasteiger partial charge in [-0.25, -0.2) is 9.37 Å². The standard InChI is InChI=1S/C14H16FN5O/c15-14-10-5-6-16-7-9(10)1-2-11(14)19-13(21)4-3-12-17-8-18-20-12/h1-2,8,16H,3-7H2,(H,19,21)(H,17,18,20). The number of hydrogen-bond acceptors (Lipinski definition) is 4. The number of H-pyrrole nitrogens is 1. The van der Waals surface area contributed by atoms with Gasteiger partial charge in [-0.15, -0.1) is 0 Å². The van der Waals surface area contributed by atoms with E-state index in [0.717, 1.165) is 12.1 Å². The van der Waals surface area contributed by atoms with Gasteiger partial charge >= 0.3 is 0 Å². The number of carbonyl (C=O) groups is 1. The molecule has 0 fully saturated rings. The third kappa shape index (κ3) is 3.08. The Labute approximate surface area is 121 Å². The number of rotatable bonds is 4. The number of anilines is 1. The van der Waals surface area contributed by atoms with Crippen LogP contribution < -0.4 is 10.6 Å². The summed E-state index contributed by atoms with van der Waals surface area (Å²) < 4.78 is 14.4. The molecule has 0 spiro atoms. The van der Waals surface area contributed by atoms with Gasteiger partial charge in [-0.1, -0.05) is 6.07 Å². The Bertz CT molecular complexity index is 641. The Balaban J connectivity index is 1.65. The predicted molar refractivity (Wildman–Crippen MR) is 75.1 cm³/mol. The number of aromatic nitrogens is 3. The van der Waals surface area contributed by atoms with Gasteiger partial charge in [-0.05, 0) is 30.2 Å². The maximum absolute atomic E-state index is 14.4. The second-order valence-electron chi connectivity index (χ2n) is 4.97. The number of halogens is 1. The highest BCUT2D eigenvalue weighted by atomic mass is 19.1. The molecule has 21 heavy (non-hydrogen) atoms. The summed E-state index contributed by atoms with van der Waals surface area (Å²) in [5, 5.41) is 12.2. The van der Waals surface area contributed by atoms with Crippen LogP contribution in [0.5, 0.6) is 0 Å². The first-order valence-corrected chi connectivity index (χ1v) is 6.89. The Morgan fingerprint density at radius 2 is 2.33 bits per heavy atom. The van der Waals surface area contributed by atoms with E-state index in [2.05, 4.69) is 25.8 Å². The fraction of sp³-hybridized carbons (Fsp3) is 0.357. The molecule has 0 saturated heterocycles. The first kappa shape index (κ1) is 13.7. The molecular formula is C14H16FN5O. The molecule has 1 aliphatic rings. The van der Waals surface area contributed by atoms with Gasteiger partial charge in [0.15, 0.2) is 0 Å². The number of hydrogen-bond donors (Lipinski definition) is 3. The number of fused-ring (bicyclic) bond motifs is 1. The van der Waals surface area contributed by atoms with Crippen molar-refractivity contribution < 1.29 is 9.18 Å². The lowest BCUT2D eigenvalue weighted by Crippen LogP contribution is -2.25. The van der Waals surface area contributed by atoms with Gasteiger partial charge < -0.3 is 10.6 Å². The molecule has 2 heterocycles. The van der Waals surface area contributed by atoms with Gasteiger partial charge in [-0.3, -0.25) is 9.89 Å². The Kier molecular flexibility index (Phi) is 3.92. The molecule has 2 aromatic rings. The molecule has 1 aromatic carbocycles. The van der Waals surface area contributed by atoms with Crippen LogP contribution in [0, 0.1) is 5.82 Å². The number of amides is 1. The SMILES string of the molecule is O=C(CCc1ncn[nH]1)Nc1ccc2c(c1F)CCNC2. The molecule has 0 saturated carbocycles. The molecule has 0 aliphatic carbocycles. The first-order chi connectivity index (χ1) is 10.2. The molecule has 110 valence electrons. The third-order valence-corrected chi connectivity index (χ3v) is 3.54. The highest BCUT2D eigenvalue weighted by Crippen LogP contribution is 2.24. The summed E-state index contributed by atoms with van der Waals surface area (Å²) in [6, 6.07) is 3.48. The number of benzene rings is 1. The molecule has 1 aromatic heterocycles. The van der Waals surface area contributed by atoms with Crippen LogP contribution in [0.15, 0.2) is 18.5 Å². The van der Waals surface area contributed by atoms with Crippen LogP contribution in [0.25, 0.3) is 0 Å². The summed E-state index contributed by atoms with van der Waals surface area (Å²) in [5.74, 6) is 0.0864. The second kappa shape index (κ2) is 6.01. The number of aryl methyl sites for hydroxylation is 1. The smallest absolute Gasteiger partial charge is 0.224 e. The maximum atomic E-state index is 14.4. The topological polar surface area (TPSA) is 82.7 Å². The minimum Gasteiger partial charge on any atom is -0.324 e. The van der Waals surface area contributed by atoms with Crippen LogP contribution in [0.3, 0.4) is 0 Å². The van der Waals surface area contributed by atoms with E-state index in [0.29, 0.717) is 30.8 Å². The summed E-state index contributed by atoms with van der Waals surface area (Å²) in [7, 11) is 0. The molecule has 1 amide bonds. The van der Waals surface area contributed by atoms with Crippen molar-refractivity contribution in [2.45, 2.75) is 25.8 Å². The van der Waals surface area contributed by atoms with Crippen molar-refractivity contribution in [2.24, 2.45) is 0 Å². The van der Waals surface area contributed by atoms with Crippen LogP contribution in [-0.4, -0.2) is 27.6 Å². The van der Waals surface area contributed by atoms with Gasteiger partial charge in [0, 0.05) is 19.4 Å². The normalized spacial score (nSPS) is 13.8. The van der Waals surface area contributed by atoms with Gasteiger partial charge in [0.2, 0.25) is 5.91 Å². The van der Waals surface area contributed by atoms with Gasteiger partial charge in [-0.2, -0.15) is 5.10 Å². The first-order valence-electron chi connectivity index (χ1n) is 6.89. The van der Waals surface area contributed by atoms with Crippen LogP contribution in [0.1, 0.15) is 23.4 Å². The molecule has 3 rings (SSSR count). The Morgan fingerprint density at radius 3 is 3.14 bits per heavy atom. The van der Waals surface area contributed by atoms with E-state index in [1.54, 1.807) is 6.07 Å². The van der Waals surface area contributed by atoms with E-state index in [1.165, 1.54) is 6.33 Å². The average Bonchev–Trinajstić information content (AvgIpc) is 3.02. The highest BCUT2D eigenvalue weighted by molar-refractivity contribution is 5.91. The van der Waals surface area contributed by atoms with Crippen molar-refractivity contribution >= 4 is 11.6 Å². The van der Waals surface area contributed by atoms with Crippen molar-refractivity contribution in [3.63, 3.8) is 0 Å². The third-order valence-electron chi connectivity index (χ3n) is 3.54. The van der Waals surface area contributed by atoms with E-state index < -0.39 is 0 Å². The quantitative estimate of drug-likeness (QED) is 0.789. The fourth-order valence-electron chi connectivity index (χ4n) is 2.43. The molecule has 0 atom stereocenters. The zero-order valence-corrected chi connectivity index (χ0v) is 11.4. The number of aromatic amines is 1. The largest absolute Gasteiger partial charge is 0.324 e. The number of nitrogens with one attached hydrogen (secondary N) is 3. The van der Waals surface area contributed by atoms with Gasteiger partial charge in [0.25, 0.3) is 0 Å². The highest BCUT2D eigenvalue weighted by Gasteiger charge is 2.17. The molecule has 7 heteroatoms. The summed E-state index contributed by atoms with van der Waals surface area (Å²) in [5.41, 5.74) is 1.90. The van der Waals surface area contributed by atoms with E-state index in [1.807, 2.05) is 6.07 Å². The monoisotopic (exact) mass is 289 g/mol. The van der Waals surface area contributed by atoms with E-state index >= 15 is 0 Å². The van der Waals surface area contributed by atoms with Crippen molar-refractivity contribution in [3.8, 4) is 0 Å². The van der Waals surface area contributed by atoms with Crippen LogP contribution >= 0.6 is 0 Å². The summed E-state index contributed by atoms with van der Waals surface area (Å²) in [6.07, 6.45) is 2.71. The zero-order chi connectivity index (χ0) is 14.7. The molecule has 3 N–H and O–H groups in total. The number of carbonyl (C=O) groups excluding carboxylic acids is 1. The molecule has 0 bridgehead atoms. The van der Waals surface area contributed by atoms with E-state index in [9.17, 15) is 9.18 Å². The van der Waals surface area contributed by atoms with Crippen molar-refractivity contribution in [1.82, 2.24) is 20.5 Å². The molecular weight excluding hydrogens is 273 g/mol. The number of nitrogens with zero attached hydrogens (tertiary/aromatic N) is 2. The molecule has 0 radical (unpaired) electrons. The minimum atomic E-state index is -0.318. The fourth-order valence-corrected chi connectivity index (χ4v) is 2.43. The van der Waals surface area contributed by atoms with Crippen molar-refractivity contribution in [2.75, 3.05) is 11.9 Å². The van der Waals surface area contributed by atoms with Gasteiger partial charge in [0.05, 0.1) is 5.69 Å². The molecule has 1 aliphatic heterocycles. The Morgan fingerprint density at radius 1 is 1.43 bits per heavy atom. The van der Waals surface area contributed by atoms with Crippen LogP contribution in [0.2, 0.25) is 0 Å². The van der Waals surface area contributed by atoms with Gasteiger partial charge in [0.1, 0.15) is 18.0 Å². The van der Waals surface area contributed by atoms with Crippen LogP contribution in [-0.2, 0) is 24.2 Å². The predicted octanol–water partition coefficient (Wildman–Crippen LogP) is 1.16. The second-order valence-corrected chi connectivity index (χ2v) is 4.97. The summed E-state index contributed by atoms with van der Waals surface area (Å²) >= 11 is 0. The molecule has 6 nitrogen and oxygen atoms in total. The lowest BCUT2D eigenvalue weighted by Gasteiger charge is -2.19. The van der Waals surface area contributed by atoms with Crippen molar-refractivity contribution in [3.05, 3.63) is 41.2 Å². The average molecular weight is 289 g/mol. The van der Waals surface area contributed by atoms with E-state index in [4.69, 9.17) is 0 Å². The maximum Gasteiger partial charge on any atom is 0.224 e. The summed E-state index contributed by atoms with van der Waals surface area (Å²) in [6.45, 7) is 1.43.